The van der Waals surface area contributed by atoms with Crippen LogP contribution in [0.25, 0.3) is 54.7 Å². The van der Waals surface area contributed by atoms with Gasteiger partial charge < -0.3 is 14.4 Å². The summed E-state index contributed by atoms with van der Waals surface area (Å²) in [6, 6.07) is 25.5. The number of aliphatic hydroxyl groups is 1. The van der Waals surface area contributed by atoms with E-state index in [0.717, 1.165) is 33.2 Å². The van der Waals surface area contributed by atoms with Gasteiger partial charge in [-0.3, -0.25) is 0 Å². The number of nitrogens with zero attached hydrogens (tertiary/aromatic N) is 3. The minimum Gasteiger partial charge on any atom is -0.362 e. The third kappa shape index (κ3) is 2.00. The van der Waals surface area contributed by atoms with E-state index in [2.05, 4.69) is 89.0 Å². The number of hydrogen-bond donors (Lipinski definition) is 1. The van der Waals surface area contributed by atoms with E-state index in [1.165, 1.54) is 27.1 Å². The number of fused-ring (bicyclic) bond motifs is 14. The summed E-state index contributed by atoms with van der Waals surface area (Å²) in [6.07, 6.45) is 1.89. The molecule has 8 rings (SSSR count). The molecular formula is C29H22N3O2+. The topological polar surface area (TPSA) is 51.2 Å². The first kappa shape index (κ1) is 18.6. The molecule has 3 atom stereocenters. The molecule has 0 saturated heterocycles. The van der Waals surface area contributed by atoms with Gasteiger partial charge in [-0.1, -0.05) is 66.7 Å². The van der Waals surface area contributed by atoms with Crippen molar-refractivity contribution >= 4 is 43.5 Å². The summed E-state index contributed by atoms with van der Waals surface area (Å²) in [4.78, 5) is 4.96. The Morgan fingerprint density at radius 3 is 2.38 bits per heavy atom. The minimum absolute atomic E-state index is 0.121. The molecule has 6 aromatic rings. The van der Waals surface area contributed by atoms with Crippen LogP contribution in [0.5, 0.6) is 0 Å². The van der Waals surface area contributed by atoms with Crippen molar-refractivity contribution in [3.63, 3.8) is 0 Å². The number of ether oxygens (including phenoxy) is 1. The van der Waals surface area contributed by atoms with Crippen molar-refractivity contribution < 1.29 is 14.4 Å². The lowest BCUT2D eigenvalue weighted by molar-refractivity contribution is -0.704. The van der Waals surface area contributed by atoms with Gasteiger partial charge in [0.1, 0.15) is 5.52 Å². The van der Waals surface area contributed by atoms with Crippen molar-refractivity contribution in [3.05, 3.63) is 84.7 Å². The van der Waals surface area contributed by atoms with Gasteiger partial charge in [0.25, 0.3) is 6.33 Å². The molecular weight excluding hydrogens is 422 g/mol. The number of hydrogen-bond acceptors (Lipinski definition) is 3. The van der Waals surface area contributed by atoms with Crippen molar-refractivity contribution in [2.75, 3.05) is 7.11 Å². The Kier molecular flexibility index (Phi) is 3.28. The number of aryl methyl sites for hydroxylation is 1. The van der Waals surface area contributed by atoms with Gasteiger partial charge in [0, 0.05) is 25.1 Å². The highest BCUT2D eigenvalue weighted by molar-refractivity contribution is 6.19. The van der Waals surface area contributed by atoms with E-state index in [0.29, 0.717) is 0 Å². The lowest BCUT2D eigenvalue weighted by Gasteiger charge is -2.18. The first-order chi connectivity index (χ1) is 16.6. The molecule has 0 spiro atoms. The van der Waals surface area contributed by atoms with Crippen molar-refractivity contribution in [1.82, 2.24) is 9.55 Å². The number of benzene rings is 4. The van der Waals surface area contributed by atoms with Gasteiger partial charge >= 0.3 is 0 Å². The molecule has 2 aromatic heterocycles. The summed E-state index contributed by atoms with van der Waals surface area (Å²) in [5.41, 5.74) is 6.62. The van der Waals surface area contributed by atoms with Crippen LogP contribution in [0.15, 0.2) is 79.1 Å². The Labute approximate surface area is 195 Å². The van der Waals surface area contributed by atoms with Crippen molar-refractivity contribution in [3.8, 4) is 11.3 Å². The van der Waals surface area contributed by atoms with Crippen LogP contribution in [-0.2, 0) is 11.8 Å². The highest BCUT2D eigenvalue weighted by atomic mass is 16.6. The third-order valence-electron chi connectivity index (χ3n) is 8.08. The first-order valence-corrected chi connectivity index (χ1v) is 11.6. The summed E-state index contributed by atoms with van der Waals surface area (Å²) in [7, 11) is 3.72. The maximum atomic E-state index is 11.4. The molecule has 2 aliphatic rings. The fraction of sp³-hybridized carbons (Fsp3) is 0.172. The Morgan fingerprint density at radius 2 is 1.59 bits per heavy atom. The van der Waals surface area contributed by atoms with Crippen LogP contribution in [0.1, 0.15) is 17.5 Å². The molecule has 5 heteroatoms. The minimum atomic E-state index is -1.24. The van der Waals surface area contributed by atoms with E-state index in [1.54, 1.807) is 7.11 Å². The summed E-state index contributed by atoms with van der Waals surface area (Å²) >= 11 is 0. The Morgan fingerprint density at radius 1 is 0.882 bits per heavy atom. The lowest BCUT2D eigenvalue weighted by atomic mass is 9.90. The Balaban J connectivity index is 1.61. The highest BCUT2D eigenvalue weighted by Gasteiger charge is 2.73. The van der Waals surface area contributed by atoms with Crippen molar-refractivity contribution in [2.24, 2.45) is 7.05 Å². The zero-order valence-corrected chi connectivity index (χ0v) is 18.9. The van der Waals surface area contributed by atoms with Gasteiger partial charge in [-0.2, -0.15) is 0 Å². The summed E-state index contributed by atoms with van der Waals surface area (Å²) in [5.74, 6) is -1.36. The predicted octanol–water partition coefficient (Wildman–Crippen LogP) is 4.97. The van der Waals surface area contributed by atoms with Crippen LogP contribution in [0, 0.1) is 0 Å². The second kappa shape index (κ2) is 6.00. The molecule has 3 unspecified atom stereocenters. The van der Waals surface area contributed by atoms with Gasteiger partial charge in [-0.25, -0.2) is 4.57 Å². The van der Waals surface area contributed by atoms with Crippen LogP contribution in [0.2, 0.25) is 0 Å². The summed E-state index contributed by atoms with van der Waals surface area (Å²) < 4.78 is 10.1. The second-order valence-electron chi connectivity index (χ2n) is 9.57. The smallest absolute Gasteiger partial charge is 0.287 e. The van der Waals surface area contributed by atoms with Gasteiger partial charge in [-0.05, 0) is 32.8 Å². The van der Waals surface area contributed by atoms with Crippen LogP contribution in [0.3, 0.4) is 0 Å². The number of aromatic nitrogens is 3. The molecule has 0 amide bonds. The molecule has 0 radical (unpaired) electrons. The molecule has 0 bridgehead atoms. The van der Waals surface area contributed by atoms with Gasteiger partial charge in [0.15, 0.2) is 11.7 Å². The highest BCUT2D eigenvalue weighted by Crippen LogP contribution is 2.64. The van der Waals surface area contributed by atoms with Gasteiger partial charge in [0.2, 0.25) is 11.3 Å². The van der Waals surface area contributed by atoms with Crippen molar-refractivity contribution in [2.45, 2.75) is 17.7 Å². The van der Waals surface area contributed by atoms with Crippen molar-refractivity contribution in [1.29, 1.82) is 0 Å². The van der Waals surface area contributed by atoms with E-state index in [9.17, 15) is 5.11 Å². The Bertz CT molecular complexity index is 1850. The largest absolute Gasteiger partial charge is 0.362 e. The SMILES string of the molecule is COC1(O)C2c3ccc4ccccc4c3-c3c4c(nc[n+]3C21)c1ccc2ccccc2c1n4C. The van der Waals surface area contributed by atoms with Crippen LogP contribution in [-0.4, -0.2) is 27.6 Å². The quantitative estimate of drug-likeness (QED) is 0.288. The zero-order valence-electron chi connectivity index (χ0n) is 18.9. The van der Waals surface area contributed by atoms with Gasteiger partial charge in [0.05, 0.1) is 16.8 Å². The molecule has 3 heterocycles. The molecule has 5 nitrogen and oxygen atoms in total. The number of methoxy groups -OCH3 is 1. The first-order valence-electron chi connectivity index (χ1n) is 11.6. The molecule has 1 N–H and O–H groups in total. The maximum absolute atomic E-state index is 11.4. The monoisotopic (exact) mass is 444 g/mol. The molecule has 1 fully saturated rings. The molecule has 1 aliphatic heterocycles. The average Bonchev–Trinajstić information content (AvgIpc) is 3.41. The lowest BCUT2D eigenvalue weighted by Crippen LogP contribution is -2.41. The van der Waals surface area contributed by atoms with E-state index in [1.807, 2.05) is 6.33 Å². The van der Waals surface area contributed by atoms with E-state index in [-0.39, 0.29) is 12.0 Å². The number of rotatable bonds is 1. The molecule has 1 aliphatic carbocycles. The molecule has 4 aromatic carbocycles. The second-order valence-corrected chi connectivity index (χ2v) is 9.57. The normalized spacial score (nSPS) is 22.8. The van der Waals surface area contributed by atoms with E-state index < -0.39 is 5.79 Å². The Hall–Kier alpha value is -3.80. The van der Waals surface area contributed by atoms with Crippen LogP contribution in [0.4, 0.5) is 0 Å². The van der Waals surface area contributed by atoms with Crippen LogP contribution < -0.4 is 4.57 Å². The zero-order chi connectivity index (χ0) is 22.8. The fourth-order valence-corrected chi connectivity index (χ4v) is 6.51. The summed E-state index contributed by atoms with van der Waals surface area (Å²) in [6.45, 7) is 0. The third-order valence-corrected chi connectivity index (χ3v) is 8.08. The maximum Gasteiger partial charge on any atom is 0.287 e. The predicted molar refractivity (Wildman–Crippen MR) is 133 cm³/mol. The van der Waals surface area contributed by atoms with Gasteiger partial charge in [-0.15, -0.1) is 0 Å². The van der Waals surface area contributed by atoms with E-state index in [4.69, 9.17) is 9.72 Å². The molecule has 34 heavy (non-hydrogen) atoms. The standard InChI is InChI=1S/C29H22N3O2/c1-31-25-19-10-6-4-8-17(19)12-14-21(25)24-27(31)26-22-18-9-5-3-7-16(18)11-13-20(22)23-28(29(23,33)34-2)32(26)15-30-24/h3-15,23,28,33H,1-2H3/q+1. The summed E-state index contributed by atoms with van der Waals surface area (Å²) in [5, 5.41) is 17.3. The van der Waals surface area contributed by atoms with Crippen LogP contribution >= 0.6 is 0 Å². The molecule has 164 valence electrons. The molecule has 1 saturated carbocycles. The van der Waals surface area contributed by atoms with E-state index >= 15 is 0 Å². The fourth-order valence-electron chi connectivity index (χ4n) is 6.51. The average molecular weight is 445 g/mol.